The van der Waals surface area contributed by atoms with E-state index in [0.29, 0.717) is 0 Å². The van der Waals surface area contributed by atoms with E-state index in [0.717, 1.165) is 0 Å². The second-order valence-corrected chi connectivity index (χ2v) is 5.97. The summed E-state index contributed by atoms with van der Waals surface area (Å²) < 4.78 is 0. The van der Waals surface area contributed by atoms with Crippen LogP contribution in [0.3, 0.4) is 0 Å². The maximum absolute atomic E-state index is 12.6. The van der Waals surface area contributed by atoms with Crippen molar-refractivity contribution in [1.29, 1.82) is 0 Å². The van der Waals surface area contributed by atoms with Gasteiger partial charge in [0.25, 0.3) is 0 Å². The van der Waals surface area contributed by atoms with Crippen LogP contribution in [-0.2, 0) is 0 Å². The number of nitrogens with two attached hydrogens (primary N) is 1. The summed E-state index contributed by atoms with van der Waals surface area (Å²) in [5, 5.41) is -0.0507. The summed E-state index contributed by atoms with van der Waals surface area (Å²) in [6, 6.07) is 4.60. The quantitative estimate of drug-likeness (QED) is 0.468. The Morgan fingerprint density at radius 3 is 2.10 bits per heavy atom. The van der Waals surface area contributed by atoms with Crippen LogP contribution in [0.15, 0.2) is 18.2 Å². The summed E-state index contributed by atoms with van der Waals surface area (Å²) in [5.74, 6) is -0.958. The second-order valence-electron chi connectivity index (χ2n) is 4.43. The lowest BCUT2D eigenvalue weighted by Gasteiger charge is -2.22. The molecule has 2 N–H and O–H groups in total. The van der Waals surface area contributed by atoms with Crippen LogP contribution >= 0.6 is 46.4 Å². The minimum atomic E-state index is -0.500. The van der Waals surface area contributed by atoms with Crippen molar-refractivity contribution in [2.75, 3.05) is 5.73 Å². The Hall–Kier alpha value is -1.26. The van der Waals surface area contributed by atoms with Crippen LogP contribution in [0.4, 0.5) is 5.69 Å². The highest BCUT2D eigenvalue weighted by atomic mass is 35.5. The first-order chi connectivity index (χ1) is 9.86. The van der Waals surface area contributed by atoms with Gasteiger partial charge in [0.1, 0.15) is 0 Å². The molecule has 0 spiro atoms. The molecule has 2 aromatic carbocycles. The molecule has 0 bridgehead atoms. The molecule has 0 fully saturated rings. The molecule has 0 saturated carbocycles. The van der Waals surface area contributed by atoms with Gasteiger partial charge in [-0.3, -0.25) is 9.59 Å². The molecule has 0 heterocycles. The SMILES string of the molecule is Nc1c(Cl)c(Cl)c(Cl)c2c1C(=O)c1cccc(Cl)c1C2=O. The van der Waals surface area contributed by atoms with Crippen molar-refractivity contribution in [2.45, 2.75) is 0 Å². The zero-order chi connectivity index (χ0) is 15.5. The molecule has 0 aliphatic heterocycles. The molecule has 1 aliphatic rings. The van der Waals surface area contributed by atoms with Crippen molar-refractivity contribution in [3.8, 4) is 0 Å². The van der Waals surface area contributed by atoms with Gasteiger partial charge in [-0.25, -0.2) is 0 Å². The number of halogens is 4. The second kappa shape index (κ2) is 4.89. The fourth-order valence-corrected chi connectivity index (χ4v) is 3.30. The van der Waals surface area contributed by atoms with Gasteiger partial charge < -0.3 is 5.73 Å². The number of hydrogen-bond donors (Lipinski definition) is 1. The summed E-state index contributed by atoms with van der Waals surface area (Å²) in [6.45, 7) is 0. The predicted molar refractivity (Wildman–Crippen MR) is 84.2 cm³/mol. The van der Waals surface area contributed by atoms with Crippen LogP contribution in [0.2, 0.25) is 20.1 Å². The monoisotopic (exact) mass is 359 g/mol. The fourth-order valence-electron chi connectivity index (χ4n) is 2.33. The number of ketones is 2. The molecule has 106 valence electrons. The number of carbonyl (C=O) groups is 2. The first-order valence-corrected chi connectivity index (χ1v) is 7.21. The Bertz CT molecular complexity index is 846. The molecule has 0 unspecified atom stereocenters. The van der Waals surface area contributed by atoms with E-state index in [9.17, 15) is 9.59 Å². The minimum Gasteiger partial charge on any atom is -0.397 e. The van der Waals surface area contributed by atoms with Gasteiger partial charge in [0.15, 0.2) is 11.6 Å². The smallest absolute Gasteiger partial charge is 0.197 e. The normalized spacial score (nSPS) is 13.1. The molecule has 3 nitrogen and oxygen atoms in total. The first kappa shape index (κ1) is 14.7. The van der Waals surface area contributed by atoms with Crippen molar-refractivity contribution >= 4 is 63.7 Å². The Labute approximate surface area is 139 Å². The molecule has 0 radical (unpaired) electrons. The lowest BCUT2D eigenvalue weighted by Crippen LogP contribution is -2.23. The Morgan fingerprint density at radius 2 is 1.43 bits per heavy atom. The van der Waals surface area contributed by atoms with Crippen molar-refractivity contribution < 1.29 is 9.59 Å². The summed E-state index contributed by atoms with van der Waals surface area (Å²) in [4.78, 5) is 25.2. The zero-order valence-corrected chi connectivity index (χ0v) is 13.2. The van der Waals surface area contributed by atoms with E-state index in [-0.39, 0.29) is 48.0 Å². The van der Waals surface area contributed by atoms with Crippen molar-refractivity contribution in [2.24, 2.45) is 0 Å². The lowest BCUT2D eigenvalue weighted by molar-refractivity contribution is 0.0980. The zero-order valence-electron chi connectivity index (χ0n) is 10.1. The topological polar surface area (TPSA) is 60.2 Å². The summed E-state index contributed by atoms with van der Waals surface area (Å²) in [5.41, 5.74) is 5.94. The number of anilines is 1. The average Bonchev–Trinajstić information content (AvgIpc) is 2.46. The molecule has 0 aromatic heterocycles. The molecule has 7 heteroatoms. The van der Waals surface area contributed by atoms with Crippen LogP contribution in [0.25, 0.3) is 0 Å². The molecule has 0 atom stereocenters. The highest BCUT2D eigenvalue weighted by Crippen LogP contribution is 2.45. The lowest BCUT2D eigenvalue weighted by atomic mass is 9.83. The Balaban J connectivity index is 2.47. The van der Waals surface area contributed by atoms with E-state index in [1.54, 1.807) is 6.07 Å². The molecule has 3 rings (SSSR count). The van der Waals surface area contributed by atoms with Gasteiger partial charge in [-0.1, -0.05) is 58.5 Å². The third kappa shape index (κ3) is 1.89. The van der Waals surface area contributed by atoms with Crippen molar-refractivity contribution in [3.63, 3.8) is 0 Å². The van der Waals surface area contributed by atoms with E-state index in [1.807, 2.05) is 0 Å². The van der Waals surface area contributed by atoms with Gasteiger partial charge in [-0.05, 0) is 6.07 Å². The average molecular weight is 361 g/mol. The van der Waals surface area contributed by atoms with Gasteiger partial charge in [0.2, 0.25) is 0 Å². The summed E-state index contributed by atoms with van der Waals surface area (Å²) in [7, 11) is 0. The molecule has 0 amide bonds. The van der Waals surface area contributed by atoms with Gasteiger partial charge in [-0.15, -0.1) is 0 Å². The number of carbonyl (C=O) groups excluding carboxylic acids is 2. The number of fused-ring (bicyclic) bond motifs is 2. The van der Waals surface area contributed by atoms with E-state index in [1.165, 1.54) is 12.1 Å². The van der Waals surface area contributed by atoms with Gasteiger partial charge >= 0.3 is 0 Å². The standard InChI is InChI=1S/C14H5Cl4NO2/c15-5-3-1-2-4-6(5)14(21)7-8(13(4)20)12(19)11(18)10(17)9(7)16/h1-3H,19H2. The fraction of sp³-hybridized carbons (Fsp3) is 0. The molecular weight excluding hydrogens is 356 g/mol. The van der Waals surface area contributed by atoms with Crippen LogP contribution in [0, 0.1) is 0 Å². The van der Waals surface area contributed by atoms with Gasteiger partial charge in [0, 0.05) is 5.56 Å². The van der Waals surface area contributed by atoms with Crippen molar-refractivity contribution in [1.82, 2.24) is 0 Å². The van der Waals surface area contributed by atoms with E-state index in [2.05, 4.69) is 0 Å². The third-order valence-electron chi connectivity index (χ3n) is 3.30. The highest BCUT2D eigenvalue weighted by molar-refractivity contribution is 6.53. The number of rotatable bonds is 0. The van der Waals surface area contributed by atoms with E-state index in [4.69, 9.17) is 52.1 Å². The summed E-state index contributed by atoms with van der Waals surface area (Å²) >= 11 is 24.0. The molecule has 0 saturated heterocycles. The van der Waals surface area contributed by atoms with Crippen LogP contribution < -0.4 is 5.73 Å². The van der Waals surface area contributed by atoms with Crippen LogP contribution in [0.5, 0.6) is 0 Å². The minimum absolute atomic E-state index is 0.0332. The largest absolute Gasteiger partial charge is 0.397 e. The van der Waals surface area contributed by atoms with Crippen LogP contribution in [-0.4, -0.2) is 11.6 Å². The molecule has 1 aliphatic carbocycles. The van der Waals surface area contributed by atoms with Gasteiger partial charge in [0.05, 0.1) is 42.5 Å². The molecular formula is C14H5Cl4NO2. The Morgan fingerprint density at radius 1 is 0.762 bits per heavy atom. The van der Waals surface area contributed by atoms with Crippen LogP contribution in [0.1, 0.15) is 31.8 Å². The maximum Gasteiger partial charge on any atom is 0.197 e. The highest BCUT2D eigenvalue weighted by Gasteiger charge is 2.36. The number of nitrogen functional groups attached to an aromatic ring is 1. The molecule has 21 heavy (non-hydrogen) atoms. The summed E-state index contributed by atoms with van der Waals surface area (Å²) in [6.07, 6.45) is 0. The van der Waals surface area contributed by atoms with E-state index < -0.39 is 11.6 Å². The van der Waals surface area contributed by atoms with Gasteiger partial charge in [-0.2, -0.15) is 0 Å². The number of hydrogen-bond acceptors (Lipinski definition) is 3. The predicted octanol–water partition coefficient (Wildman–Crippen LogP) is 4.66. The number of benzene rings is 2. The maximum atomic E-state index is 12.6. The van der Waals surface area contributed by atoms with Crippen molar-refractivity contribution in [3.05, 3.63) is 60.5 Å². The third-order valence-corrected chi connectivity index (χ3v) is 4.96. The Kier molecular flexibility index (Phi) is 3.41. The van der Waals surface area contributed by atoms with E-state index >= 15 is 0 Å². The molecule has 2 aromatic rings. The first-order valence-electron chi connectivity index (χ1n) is 5.70.